The zero-order valence-electron chi connectivity index (χ0n) is 14.6. The summed E-state index contributed by atoms with van der Waals surface area (Å²) in [5.74, 6) is -0.351. The topological polar surface area (TPSA) is 64.6 Å². The number of hydrogen-bond acceptors (Lipinski definition) is 4. The Balaban J connectivity index is 2.06. The summed E-state index contributed by atoms with van der Waals surface area (Å²) in [6, 6.07) is 5.04. The Labute approximate surface area is 138 Å². The SMILES string of the molecule is C[C@H](COc1cccc2c1C(=O)NC2=O)O[Si](C)(C)C(C)(C)C. The van der Waals surface area contributed by atoms with Gasteiger partial charge in [-0.05, 0) is 37.2 Å². The summed E-state index contributed by atoms with van der Waals surface area (Å²) in [7, 11) is -1.86. The highest BCUT2D eigenvalue weighted by atomic mass is 28.4. The Morgan fingerprint density at radius 3 is 2.43 bits per heavy atom. The lowest BCUT2D eigenvalue weighted by Crippen LogP contribution is -2.44. The van der Waals surface area contributed by atoms with Gasteiger partial charge >= 0.3 is 0 Å². The molecule has 1 aromatic carbocycles. The van der Waals surface area contributed by atoms with Gasteiger partial charge < -0.3 is 9.16 Å². The molecule has 2 rings (SSSR count). The number of amides is 2. The third-order valence-corrected chi connectivity index (χ3v) is 9.10. The number of ether oxygens (including phenoxy) is 1. The van der Waals surface area contributed by atoms with Gasteiger partial charge in [-0.2, -0.15) is 0 Å². The van der Waals surface area contributed by atoms with E-state index in [1.807, 2.05) is 6.92 Å². The number of carbonyl (C=O) groups is 2. The van der Waals surface area contributed by atoms with Crippen LogP contribution in [-0.4, -0.2) is 32.8 Å². The van der Waals surface area contributed by atoms with E-state index in [2.05, 4.69) is 39.2 Å². The highest BCUT2D eigenvalue weighted by Crippen LogP contribution is 2.37. The van der Waals surface area contributed by atoms with Crippen molar-refractivity contribution in [2.75, 3.05) is 6.61 Å². The van der Waals surface area contributed by atoms with Crippen LogP contribution in [0.1, 0.15) is 48.4 Å². The van der Waals surface area contributed by atoms with Gasteiger partial charge in [-0.3, -0.25) is 14.9 Å². The molecule has 0 bridgehead atoms. The molecule has 0 fully saturated rings. The molecule has 0 aliphatic carbocycles. The van der Waals surface area contributed by atoms with Gasteiger partial charge in [0.1, 0.15) is 12.4 Å². The molecule has 2 amide bonds. The fraction of sp³-hybridized carbons (Fsp3) is 0.529. The Kier molecular flexibility index (Phi) is 4.68. The van der Waals surface area contributed by atoms with E-state index in [4.69, 9.17) is 9.16 Å². The zero-order chi connectivity index (χ0) is 17.4. The van der Waals surface area contributed by atoms with Crippen LogP contribution in [0.15, 0.2) is 18.2 Å². The Morgan fingerprint density at radius 1 is 1.17 bits per heavy atom. The van der Waals surface area contributed by atoms with Crippen LogP contribution < -0.4 is 10.1 Å². The van der Waals surface area contributed by atoms with Gasteiger partial charge in [0.2, 0.25) is 0 Å². The monoisotopic (exact) mass is 335 g/mol. The van der Waals surface area contributed by atoms with Crippen LogP contribution in [-0.2, 0) is 4.43 Å². The molecule has 0 spiro atoms. The quantitative estimate of drug-likeness (QED) is 0.662. The van der Waals surface area contributed by atoms with Crippen molar-refractivity contribution >= 4 is 20.1 Å². The number of rotatable bonds is 5. The van der Waals surface area contributed by atoms with Gasteiger partial charge in [0.15, 0.2) is 8.32 Å². The molecular formula is C17H25NO4Si. The summed E-state index contributed by atoms with van der Waals surface area (Å²) in [6.45, 7) is 13.2. The zero-order valence-corrected chi connectivity index (χ0v) is 15.6. The van der Waals surface area contributed by atoms with E-state index in [1.165, 1.54) is 0 Å². The van der Waals surface area contributed by atoms with Crippen molar-refractivity contribution < 1.29 is 18.8 Å². The fourth-order valence-electron chi connectivity index (χ4n) is 2.23. The fourth-order valence-corrected chi connectivity index (χ4v) is 3.66. The lowest BCUT2D eigenvalue weighted by atomic mass is 10.1. The minimum Gasteiger partial charge on any atom is -0.490 e. The summed E-state index contributed by atoms with van der Waals surface area (Å²) < 4.78 is 12.0. The van der Waals surface area contributed by atoms with E-state index >= 15 is 0 Å². The number of hydrogen-bond donors (Lipinski definition) is 1. The van der Waals surface area contributed by atoms with Gasteiger partial charge in [-0.1, -0.05) is 26.8 Å². The average molecular weight is 335 g/mol. The lowest BCUT2D eigenvalue weighted by Gasteiger charge is -2.38. The second kappa shape index (κ2) is 6.09. The van der Waals surface area contributed by atoms with E-state index in [9.17, 15) is 9.59 Å². The van der Waals surface area contributed by atoms with E-state index in [-0.39, 0.29) is 17.0 Å². The largest absolute Gasteiger partial charge is 0.490 e. The first-order valence-corrected chi connectivity index (χ1v) is 10.7. The number of fused-ring (bicyclic) bond motifs is 1. The molecule has 0 saturated carbocycles. The number of nitrogens with one attached hydrogen (secondary N) is 1. The second-order valence-electron chi connectivity index (χ2n) is 7.46. The minimum atomic E-state index is -1.86. The van der Waals surface area contributed by atoms with E-state index in [0.717, 1.165) is 0 Å². The van der Waals surface area contributed by atoms with Gasteiger partial charge in [0, 0.05) is 0 Å². The minimum absolute atomic E-state index is 0.0908. The van der Waals surface area contributed by atoms with Crippen LogP contribution >= 0.6 is 0 Å². The lowest BCUT2D eigenvalue weighted by molar-refractivity contribution is 0.0876. The summed E-state index contributed by atoms with van der Waals surface area (Å²) in [5.41, 5.74) is 0.683. The van der Waals surface area contributed by atoms with E-state index in [1.54, 1.807) is 18.2 Å². The Morgan fingerprint density at radius 2 is 1.83 bits per heavy atom. The summed E-state index contributed by atoms with van der Waals surface area (Å²) >= 11 is 0. The summed E-state index contributed by atoms with van der Waals surface area (Å²) in [4.78, 5) is 23.5. The van der Waals surface area contributed by atoms with Crippen molar-refractivity contribution in [3.63, 3.8) is 0 Å². The Hall–Kier alpha value is -1.66. The van der Waals surface area contributed by atoms with Gasteiger partial charge in [-0.15, -0.1) is 0 Å². The van der Waals surface area contributed by atoms with E-state index < -0.39 is 14.2 Å². The summed E-state index contributed by atoms with van der Waals surface area (Å²) in [5, 5.41) is 2.41. The molecular weight excluding hydrogens is 310 g/mol. The van der Waals surface area contributed by atoms with Crippen LogP contribution in [0.5, 0.6) is 5.75 Å². The number of carbonyl (C=O) groups excluding carboxylic acids is 2. The molecule has 1 N–H and O–H groups in total. The van der Waals surface area contributed by atoms with Crippen molar-refractivity contribution in [2.45, 2.75) is 51.9 Å². The molecule has 1 heterocycles. The predicted molar refractivity (Wildman–Crippen MR) is 91.5 cm³/mol. The third kappa shape index (κ3) is 3.64. The molecule has 126 valence electrons. The molecule has 1 atom stereocenters. The molecule has 1 aromatic rings. The smallest absolute Gasteiger partial charge is 0.262 e. The Bertz CT molecular complexity index is 634. The maximum absolute atomic E-state index is 11.9. The molecule has 23 heavy (non-hydrogen) atoms. The van der Waals surface area contributed by atoms with E-state index in [0.29, 0.717) is 23.5 Å². The second-order valence-corrected chi connectivity index (χ2v) is 12.2. The maximum atomic E-state index is 11.9. The van der Waals surface area contributed by atoms with Crippen molar-refractivity contribution in [1.82, 2.24) is 5.32 Å². The average Bonchev–Trinajstić information content (AvgIpc) is 2.71. The molecule has 0 aromatic heterocycles. The third-order valence-electron chi connectivity index (χ3n) is 4.50. The molecule has 6 heteroatoms. The molecule has 5 nitrogen and oxygen atoms in total. The first-order valence-electron chi connectivity index (χ1n) is 7.82. The first kappa shape index (κ1) is 17.7. The van der Waals surface area contributed by atoms with Crippen LogP contribution in [0.3, 0.4) is 0 Å². The first-order chi connectivity index (χ1) is 10.5. The van der Waals surface area contributed by atoms with Gasteiger partial charge in [0.05, 0.1) is 17.2 Å². The van der Waals surface area contributed by atoms with Crippen molar-refractivity contribution in [3.05, 3.63) is 29.3 Å². The van der Waals surface area contributed by atoms with Crippen LogP contribution in [0.4, 0.5) is 0 Å². The van der Waals surface area contributed by atoms with Crippen molar-refractivity contribution in [3.8, 4) is 5.75 Å². The maximum Gasteiger partial charge on any atom is 0.262 e. The van der Waals surface area contributed by atoms with Gasteiger partial charge in [-0.25, -0.2) is 0 Å². The van der Waals surface area contributed by atoms with Gasteiger partial charge in [0.25, 0.3) is 11.8 Å². The molecule has 0 unspecified atom stereocenters. The van der Waals surface area contributed by atoms with Crippen molar-refractivity contribution in [1.29, 1.82) is 0 Å². The normalized spacial score (nSPS) is 16.1. The highest BCUT2D eigenvalue weighted by Gasteiger charge is 2.38. The molecule has 1 aliphatic heterocycles. The molecule has 1 aliphatic rings. The predicted octanol–water partition coefficient (Wildman–Crippen LogP) is 3.36. The standard InChI is InChI=1S/C17H25NO4Si/c1-11(22-23(5,6)17(2,3)4)10-21-13-9-7-8-12-14(13)16(20)18-15(12)19/h7-9,11H,10H2,1-6H3,(H,18,19,20)/t11-/m1/s1. The van der Waals surface area contributed by atoms with Crippen LogP contribution in [0.25, 0.3) is 0 Å². The molecule has 0 radical (unpaired) electrons. The highest BCUT2D eigenvalue weighted by molar-refractivity contribution is 6.74. The number of imide groups is 1. The summed E-state index contributed by atoms with van der Waals surface area (Å²) in [6.07, 6.45) is -0.0908. The van der Waals surface area contributed by atoms with Crippen LogP contribution in [0.2, 0.25) is 18.1 Å². The van der Waals surface area contributed by atoms with Crippen LogP contribution in [0, 0.1) is 0 Å². The number of benzene rings is 1. The molecule has 0 saturated heterocycles. The van der Waals surface area contributed by atoms with Crippen molar-refractivity contribution in [2.24, 2.45) is 0 Å².